The summed E-state index contributed by atoms with van der Waals surface area (Å²) in [6, 6.07) is 10.8. The number of nitrogens with one attached hydrogen (secondary N) is 1. The van der Waals surface area contributed by atoms with Gasteiger partial charge in [-0.05, 0) is 75.4 Å². The Morgan fingerprint density at radius 3 is 2.59 bits per heavy atom. The fourth-order valence-corrected chi connectivity index (χ4v) is 4.52. The number of hydrogen-bond acceptors (Lipinski definition) is 4. The van der Waals surface area contributed by atoms with Crippen molar-refractivity contribution in [2.45, 2.75) is 46.1 Å². The van der Waals surface area contributed by atoms with Gasteiger partial charge < -0.3 is 9.88 Å². The fraction of sp³-hybridized carbons (Fsp3) is 0.348. The molecule has 6 heteroatoms. The molecule has 148 valence electrons. The summed E-state index contributed by atoms with van der Waals surface area (Å²) < 4.78 is 0. The highest BCUT2D eigenvalue weighted by molar-refractivity contribution is 5.80. The molecule has 1 aliphatic rings. The zero-order valence-electron chi connectivity index (χ0n) is 17.4. The standard InChI is InChI=1S/C23H26N6/c1-15-6-9-19(29-24-11-12-25-29)20(14-15)28-13-5-10-23(28,4)22-26-18-8-7-16(2)17(3)21(18)27-22/h6-9,11-12,14H,5,10,13H2,1-4H3,(H,26,27)/t23-/m0/s1. The van der Waals surface area contributed by atoms with Gasteiger partial charge in [0, 0.05) is 6.54 Å². The molecule has 1 N–H and O–H groups in total. The predicted molar refractivity (Wildman–Crippen MR) is 116 cm³/mol. The lowest BCUT2D eigenvalue weighted by atomic mass is 9.97. The monoisotopic (exact) mass is 386 g/mol. The minimum Gasteiger partial charge on any atom is -0.357 e. The van der Waals surface area contributed by atoms with Crippen LogP contribution in [0.3, 0.4) is 0 Å². The molecule has 3 heterocycles. The highest BCUT2D eigenvalue weighted by atomic mass is 15.5. The van der Waals surface area contributed by atoms with Gasteiger partial charge in [0.1, 0.15) is 11.5 Å². The average Bonchev–Trinajstić information content (AvgIpc) is 3.44. The van der Waals surface area contributed by atoms with E-state index in [2.05, 4.69) is 78.1 Å². The molecule has 0 aliphatic carbocycles. The van der Waals surface area contributed by atoms with Crippen LogP contribution >= 0.6 is 0 Å². The number of aromatic nitrogens is 5. The number of hydrogen-bond donors (Lipinski definition) is 1. The van der Waals surface area contributed by atoms with E-state index in [4.69, 9.17) is 4.98 Å². The van der Waals surface area contributed by atoms with Crippen molar-refractivity contribution in [3.8, 4) is 5.69 Å². The van der Waals surface area contributed by atoms with Crippen molar-refractivity contribution in [1.82, 2.24) is 25.0 Å². The van der Waals surface area contributed by atoms with Gasteiger partial charge in [0.2, 0.25) is 0 Å². The predicted octanol–water partition coefficient (Wildman–Crippen LogP) is 4.58. The summed E-state index contributed by atoms with van der Waals surface area (Å²) in [7, 11) is 0. The highest BCUT2D eigenvalue weighted by Crippen LogP contribution is 2.43. The summed E-state index contributed by atoms with van der Waals surface area (Å²) in [5.74, 6) is 1.03. The van der Waals surface area contributed by atoms with Gasteiger partial charge in [-0.3, -0.25) is 0 Å². The first-order valence-electron chi connectivity index (χ1n) is 10.2. The highest BCUT2D eigenvalue weighted by Gasteiger charge is 2.42. The van der Waals surface area contributed by atoms with Gasteiger partial charge in [-0.15, -0.1) is 4.80 Å². The van der Waals surface area contributed by atoms with Crippen LogP contribution in [0.5, 0.6) is 0 Å². The summed E-state index contributed by atoms with van der Waals surface area (Å²) in [6.45, 7) is 9.69. The Kier molecular flexibility index (Phi) is 3.98. The molecule has 0 radical (unpaired) electrons. The number of aryl methyl sites for hydroxylation is 3. The van der Waals surface area contributed by atoms with E-state index >= 15 is 0 Å². The molecule has 1 fully saturated rings. The normalized spacial score (nSPS) is 19.4. The molecule has 2 aromatic carbocycles. The Morgan fingerprint density at radius 2 is 1.79 bits per heavy atom. The number of aromatic amines is 1. The van der Waals surface area contributed by atoms with E-state index in [1.165, 1.54) is 16.7 Å². The second-order valence-corrected chi connectivity index (χ2v) is 8.33. The lowest BCUT2D eigenvalue weighted by Crippen LogP contribution is -2.40. The van der Waals surface area contributed by atoms with Crippen LogP contribution in [0.2, 0.25) is 0 Å². The van der Waals surface area contributed by atoms with E-state index in [0.717, 1.165) is 47.6 Å². The molecule has 1 saturated heterocycles. The molecule has 0 amide bonds. The molecule has 29 heavy (non-hydrogen) atoms. The SMILES string of the molecule is Cc1ccc(-n2nccn2)c(N2CCC[C@@]2(C)c2nc3c(C)c(C)ccc3[nH]2)c1. The minimum atomic E-state index is -0.213. The van der Waals surface area contributed by atoms with Crippen LogP contribution in [0.15, 0.2) is 42.7 Å². The van der Waals surface area contributed by atoms with E-state index in [-0.39, 0.29) is 5.54 Å². The third kappa shape index (κ3) is 2.74. The van der Waals surface area contributed by atoms with Crippen LogP contribution in [0.25, 0.3) is 16.7 Å². The third-order valence-electron chi connectivity index (χ3n) is 6.39. The van der Waals surface area contributed by atoms with Crippen molar-refractivity contribution >= 4 is 16.7 Å². The average molecular weight is 387 g/mol. The lowest BCUT2D eigenvalue weighted by molar-refractivity contribution is 0.466. The largest absolute Gasteiger partial charge is 0.357 e. The van der Waals surface area contributed by atoms with E-state index in [9.17, 15) is 0 Å². The number of nitrogens with zero attached hydrogens (tertiary/aromatic N) is 5. The van der Waals surface area contributed by atoms with Crippen molar-refractivity contribution in [1.29, 1.82) is 0 Å². The van der Waals surface area contributed by atoms with Crippen LogP contribution in [0.1, 0.15) is 42.3 Å². The van der Waals surface area contributed by atoms with Gasteiger partial charge >= 0.3 is 0 Å². The molecular weight excluding hydrogens is 360 g/mol. The quantitative estimate of drug-likeness (QED) is 0.560. The van der Waals surface area contributed by atoms with Crippen LogP contribution in [-0.2, 0) is 5.54 Å². The van der Waals surface area contributed by atoms with E-state index in [0.29, 0.717) is 0 Å². The topological polar surface area (TPSA) is 62.6 Å². The number of benzene rings is 2. The van der Waals surface area contributed by atoms with Crippen molar-refractivity contribution in [2.75, 3.05) is 11.4 Å². The smallest absolute Gasteiger partial charge is 0.132 e. The van der Waals surface area contributed by atoms with Crippen molar-refractivity contribution < 1.29 is 0 Å². The van der Waals surface area contributed by atoms with Gasteiger partial charge in [0.05, 0.1) is 34.7 Å². The van der Waals surface area contributed by atoms with E-state index in [1.807, 2.05) is 0 Å². The maximum atomic E-state index is 5.08. The number of anilines is 1. The molecule has 1 atom stereocenters. The summed E-state index contributed by atoms with van der Waals surface area (Å²) in [4.78, 5) is 12.9. The minimum absolute atomic E-state index is 0.213. The zero-order chi connectivity index (χ0) is 20.2. The van der Waals surface area contributed by atoms with Gasteiger partial charge in [-0.25, -0.2) is 4.98 Å². The molecule has 0 bridgehead atoms. The lowest BCUT2D eigenvalue weighted by Gasteiger charge is -2.36. The molecule has 5 rings (SSSR count). The number of H-pyrrole nitrogens is 1. The molecule has 2 aromatic heterocycles. The Hall–Kier alpha value is -3.15. The Bertz CT molecular complexity index is 1190. The molecule has 0 unspecified atom stereocenters. The molecule has 4 aromatic rings. The van der Waals surface area contributed by atoms with Crippen LogP contribution in [0.4, 0.5) is 5.69 Å². The first kappa shape index (κ1) is 17.9. The second-order valence-electron chi connectivity index (χ2n) is 8.33. The van der Waals surface area contributed by atoms with E-state index in [1.54, 1.807) is 17.2 Å². The fourth-order valence-electron chi connectivity index (χ4n) is 4.52. The molecule has 6 nitrogen and oxygen atoms in total. The molecular formula is C23H26N6. The first-order valence-corrected chi connectivity index (χ1v) is 10.2. The summed E-state index contributed by atoms with van der Waals surface area (Å²) in [5, 5.41) is 8.76. The molecule has 0 saturated carbocycles. The zero-order valence-corrected chi connectivity index (χ0v) is 17.4. The van der Waals surface area contributed by atoms with Gasteiger partial charge in [0.25, 0.3) is 0 Å². The second kappa shape index (κ2) is 6.44. The van der Waals surface area contributed by atoms with Crippen LogP contribution in [0, 0.1) is 20.8 Å². The Labute approximate surface area is 170 Å². The Balaban J connectivity index is 1.66. The maximum Gasteiger partial charge on any atom is 0.132 e. The summed E-state index contributed by atoms with van der Waals surface area (Å²) in [6.07, 6.45) is 5.60. The molecule has 1 aliphatic heterocycles. The van der Waals surface area contributed by atoms with Crippen molar-refractivity contribution in [3.05, 3.63) is 65.2 Å². The van der Waals surface area contributed by atoms with Crippen LogP contribution in [-0.4, -0.2) is 31.5 Å². The summed E-state index contributed by atoms with van der Waals surface area (Å²) >= 11 is 0. The van der Waals surface area contributed by atoms with Gasteiger partial charge in [0.15, 0.2) is 0 Å². The van der Waals surface area contributed by atoms with Gasteiger partial charge in [-0.2, -0.15) is 10.2 Å². The number of imidazole rings is 1. The summed E-state index contributed by atoms with van der Waals surface area (Å²) in [5.41, 5.74) is 7.85. The number of fused-ring (bicyclic) bond motifs is 1. The Morgan fingerprint density at radius 1 is 1.00 bits per heavy atom. The molecule has 0 spiro atoms. The third-order valence-corrected chi connectivity index (χ3v) is 6.39. The maximum absolute atomic E-state index is 5.08. The first-order chi connectivity index (χ1) is 14.0. The van der Waals surface area contributed by atoms with Crippen molar-refractivity contribution in [2.24, 2.45) is 0 Å². The van der Waals surface area contributed by atoms with E-state index < -0.39 is 0 Å². The number of rotatable bonds is 3. The van der Waals surface area contributed by atoms with Crippen molar-refractivity contribution in [3.63, 3.8) is 0 Å². The van der Waals surface area contributed by atoms with Crippen LogP contribution < -0.4 is 4.90 Å². The van der Waals surface area contributed by atoms with Gasteiger partial charge in [-0.1, -0.05) is 12.1 Å².